The molecule has 0 fully saturated rings. The van der Waals surface area contributed by atoms with Crippen LogP contribution in [0, 0.1) is 0 Å². The molecule has 0 spiro atoms. The van der Waals surface area contributed by atoms with Crippen molar-refractivity contribution in [3.8, 4) is 0 Å². The number of nitrogen functional groups attached to an aromatic ring is 1. The van der Waals surface area contributed by atoms with Gasteiger partial charge in [-0.1, -0.05) is 15.9 Å². The second kappa shape index (κ2) is 5.02. The molecule has 0 atom stereocenters. The lowest BCUT2D eigenvalue weighted by Crippen LogP contribution is -2.31. The third-order valence-electron chi connectivity index (χ3n) is 2.08. The molecular weight excluding hydrogens is 258 g/mol. The van der Waals surface area contributed by atoms with E-state index in [4.69, 9.17) is 5.73 Å². The maximum Gasteiger partial charge on any atom is 0.321 e. The zero-order valence-electron chi connectivity index (χ0n) is 8.75. The fourth-order valence-corrected chi connectivity index (χ4v) is 1.38. The molecule has 2 amide bonds. The fourth-order valence-electron chi connectivity index (χ4n) is 1.00. The minimum atomic E-state index is -0.161. The van der Waals surface area contributed by atoms with Gasteiger partial charge < -0.3 is 16.0 Å². The highest BCUT2D eigenvalue weighted by Gasteiger charge is 2.08. The van der Waals surface area contributed by atoms with Gasteiger partial charge in [-0.05, 0) is 25.1 Å². The number of amides is 2. The number of nitrogens with two attached hydrogens (primary N) is 1. The molecule has 0 aliphatic heterocycles. The van der Waals surface area contributed by atoms with Crippen LogP contribution in [0.3, 0.4) is 0 Å². The predicted octanol–water partition coefficient (Wildman–Crippen LogP) is 2.51. The molecule has 0 bridgehead atoms. The zero-order valence-corrected chi connectivity index (χ0v) is 10.3. The molecule has 0 saturated carbocycles. The van der Waals surface area contributed by atoms with E-state index in [1.165, 1.54) is 0 Å². The number of carbonyl (C=O) groups excluding carboxylic acids is 1. The summed E-state index contributed by atoms with van der Waals surface area (Å²) in [5.41, 5.74) is 6.92. The quantitative estimate of drug-likeness (QED) is 0.813. The Morgan fingerprint density at radius 3 is 2.80 bits per heavy atom. The molecular formula is C10H14BrN3O. The average molecular weight is 272 g/mol. The predicted molar refractivity (Wildman–Crippen MR) is 65.9 cm³/mol. The topological polar surface area (TPSA) is 58.4 Å². The van der Waals surface area contributed by atoms with Crippen LogP contribution in [0.4, 0.5) is 16.2 Å². The first-order chi connectivity index (χ1) is 7.04. The van der Waals surface area contributed by atoms with E-state index in [9.17, 15) is 4.79 Å². The Bertz CT molecular complexity index is 368. The van der Waals surface area contributed by atoms with E-state index in [2.05, 4.69) is 21.2 Å². The summed E-state index contributed by atoms with van der Waals surface area (Å²) in [4.78, 5) is 13.1. The smallest absolute Gasteiger partial charge is 0.321 e. The third kappa shape index (κ3) is 3.13. The molecule has 0 aromatic heterocycles. The van der Waals surface area contributed by atoms with Crippen LogP contribution in [0.25, 0.3) is 0 Å². The Hall–Kier alpha value is -1.23. The molecule has 0 radical (unpaired) electrons. The first kappa shape index (κ1) is 11.8. The maximum atomic E-state index is 11.5. The molecule has 0 saturated heterocycles. The van der Waals surface area contributed by atoms with Gasteiger partial charge in [0.05, 0.1) is 11.4 Å². The van der Waals surface area contributed by atoms with Gasteiger partial charge in [-0.3, -0.25) is 0 Å². The van der Waals surface area contributed by atoms with Crippen LogP contribution in [0.5, 0.6) is 0 Å². The van der Waals surface area contributed by atoms with Gasteiger partial charge >= 0.3 is 6.03 Å². The molecule has 0 aliphatic carbocycles. The van der Waals surface area contributed by atoms with E-state index < -0.39 is 0 Å². The first-order valence-electron chi connectivity index (χ1n) is 4.61. The Labute approximate surface area is 97.6 Å². The van der Waals surface area contributed by atoms with Crippen molar-refractivity contribution in [2.45, 2.75) is 6.92 Å². The Morgan fingerprint density at radius 2 is 2.27 bits per heavy atom. The monoisotopic (exact) mass is 271 g/mol. The second-order valence-corrected chi connectivity index (χ2v) is 4.09. The van der Waals surface area contributed by atoms with Gasteiger partial charge in [0.2, 0.25) is 0 Å². The Kier molecular flexibility index (Phi) is 3.96. The van der Waals surface area contributed by atoms with Crippen molar-refractivity contribution >= 4 is 33.3 Å². The van der Waals surface area contributed by atoms with E-state index in [1.54, 1.807) is 24.1 Å². The third-order valence-corrected chi connectivity index (χ3v) is 2.57. The normalized spacial score (nSPS) is 9.80. The van der Waals surface area contributed by atoms with Crippen LogP contribution in [-0.4, -0.2) is 24.5 Å². The summed E-state index contributed by atoms with van der Waals surface area (Å²) >= 11 is 3.30. The van der Waals surface area contributed by atoms with Crippen molar-refractivity contribution in [1.29, 1.82) is 0 Å². The summed E-state index contributed by atoms with van der Waals surface area (Å²) < 4.78 is 0.891. The Morgan fingerprint density at radius 1 is 1.60 bits per heavy atom. The average Bonchev–Trinajstić information content (AvgIpc) is 2.20. The van der Waals surface area contributed by atoms with Gasteiger partial charge in [-0.25, -0.2) is 4.79 Å². The minimum Gasteiger partial charge on any atom is -0.397 e. The maximum absolute atomic E-state index is 11.5. The van der Waals surface area contributed by atoms with Crippen LogP contribution in [-0.2, 0) is 0 Å². The number of nitrogens with zero attached hydrogens (tertiary/aromatic N) is 1. The fraction of sp³-hybridized carbons (Fsp3) is 0.300. The van der Waals surface area contributed by atoms with E-state index in [0.29, 0.717) is 17.9 Å². The molecule has 1 rings (SSSR count). The number of rotatable bonds is 2. The van der Waals surface area contributed by atoms with E-state index in [-0.39, 0.29) is 6.03 Å². The van der Waals surface area contributed by atoms with Gasteiger partial charge in [0.1, 0.15) is 0 Å². The molecule has 0 unspecified atom stereocenters. The molecule has 1 aromatic carbocycles. The van der Waals surface area contributed by atoms with E-state index in [1.807, 2.05) is 13.0 Å². The van der Waals surface area contributed by atoms with Gasteiger partial charge in [0.25, 0.3) is 0 Å². The molecule has 82 valence electrons. The molecule has 0 aliphatic rings. The first-order valence-corrected chi connectivity index (χ1v) is 5.41. The van der Waals surface area contributed by atoms with Crippen LogP contribution < -0.4 is 11.1 Å². The number of halogens is 1. The molecule has 3 N–H and O–H groups in total. The van der Waals surface area contributed by atoms with Crippen LogP contribution in [0.2, 0.25) is 0 Å². The lowest BCUT2D eigenvalue weighted by atomic mass is 10.3. The largest absolute Gasteiger partial charge is 0.397 e. The molecule has 15 heavy (non-hydrogen) atoms. The van der Waals surface area contributed by atoms with Crippen molar-refractivity contribution in [1.82, 2.24) is 4.90 Å². The van der Waals surface area contributed by atoms with Gasteiger partial charge in [-0.2, -0.15) is 0 Å². The second-order valence-electron chi connectivity index (χ2n) is 3.18. The molecule has 1 aromatic rings. The Balaban J connectivity index is 2.77. The number of nitrogens with one attached hydrogen (secondary N) is 1. The number of hydrogen-bond donors (Lipinski definition) is 2. The summed E-state index contributed by atoms with van der Waals surface area (Å²) in [6, 6.07) is 5.19. The summed E-state index contributed by atoms with van der Waals surface area (Å²) in [5, 5.41) is 2.73. The molecule has 5 heteroatoms. The zero-order chi connectivity index (χ0) is 11.4. The summed E-state index contributed by atoms with van der Waals surface area (Å²) in [6.07, 6.45) is 0. The molecule has 0 heterocycles. The van der Waals surface area contributed by atoms with E-state index >= 15 is 0 Å². The van der Waals surface area contributed by atoms with Crippen molar-refractivity contribution in [2.24, 2.45) is 0 Å². The van der Waals surface area contributed by atoms with Gasteiger partial charge in [0.15, 0.2) is 0 Å². The standard InChI is InChI=1S/C10H14BrN3O/c1-3-14(2)10(15)13-9-5-4-7(11)6-8(9)12/h4-6H,3,12H2,1-2H3,(H,13,15). The highest BCUT2D eigenvalue weighted by molar-refractivity contribution is 9.10. The number of benzene rings is 1. The van der Waals surface area contributed by atoms with Crippen molar-refractivity contribution in [2.75, 3.05) is 24.6 Å². The lowest BCUT2D eigenvalue weighted by molar-refractivity contribution is 0.224. The highest BCUT2D eigenvalue weighted by atomic mass is 79.9. The number of carbonyl (C=O) groups is 1. The lowest BCUT2D eigenvalue weighted by Gasteiger charge is -2.16. The number of hydrogen-bond acceptors (Lipinski definition) is 2. The molecule has 4 nitrogen and oxygen atoms in total. The van der Waals surface area contributed by atoms with Crippen LogP contribution in [0.15, 0.2) is 22.7 Å². The van der Waals surface area contributed by atoms with Crippen molar-refractivity contribution in [3.63, 3.8) is 0 Å². The number of urea groups is 1. The van der Waals surface area contributed by atoms with Gasteiger partial charge in [-0.15, -0.1) is 0 Å². The van der Waals surface area contributed by atoms with Crippen LogP contribution in [0.1, 0.15) is 6.92 Å². The summed E-state index contributed by atoms with van der Waals surface area (Å²) in [6.45, 7) is 2.56. The van der Waals surface area contributed by atoms with Crippen molar-refractivity contribution < 1.29 is 4.79 Å². The highest BCUT2D eigenvalue weighted by Crippen LogP contribution is 2.23. The summed E-state index contributed by atoms with van der Waals surface area (Å²) in [7, 11) is 1.73. The summed E-state index contributed by atoms with van der Waals surface area (Å²) in [5.74, 6) is 0. The van der Waals surface area contributed by atoms with Gasteiger partial charge in [0, 0.05) is 18.1 Å². The SMILES string of the molecule is CCN(C)C(=O)Nc1ccc(Br)cc1N. The van der Waals surface area contributed by atoms with Crippen molar-refractivity contribution in [3.05, 3.63) is 22.7 Å². The van der Waals surface area contributed by atoms with Crippen LogP contribution >= 0.6 is 15.9 Å². The van der Waals surface area contributed by atoms with E-state index in [0.717, 1.165) is 4.47 Å². The minimum absolute atomic E-state index is 0.161. The number of anilines is 2.